The molecule has 2 atom stereocenters. The van der Waals surface area contributed by atoms with Gasteiger partial charge in [-0.3, -0.25) is 0 Å². The van der Waals surface area contributed by atoms with Crippen LogP contribution in [0.15, 0.2) is 0 Å². The van der Waals surface area contributed by atoms with Gasteiger partial charge in [0, 0.05) is 13.5 Å². The Kier molecular flexibility index (Phi) is 1.78. The molecule has 0 aromatic rings. The highest BCUT2D eigenvalue weighted by Gasteiger charge is 2.32. The average molecular weight is 130 g/mol. The van der Waals surface area contributed by atoms with Gasteiger partial charge in [0.05, 0.1) is 11.7 Å². The fourth-order valence-corrected chi connectivity index (χ4v) is 1.37. The Bertz CT molecular complexity index is 99.1. The van der Waals surface area contributed by atoms with E-state index in [1.807, 2.05) is 6.92 Å². The smallest absolute Gasteiger partial charge is 0.0645 e. The number of hydrogen-bond acceptors (Lipinski definition) is 2. The van der Waals surface area contributed by atoms with Crippen molar-refractivity contribution >= 4 is 0 Å². The van der Waals surface area contributed by atoms with E-state index in [4.69, 9.17) is 4.74 Å². The molecule has 0 radical (unpaired) electrons. The Morgan fingerprint density at radius 3 is 2.56 bits per heavy atom. The van der Waals surface area contributed by atoms with Gasteiger partial charge >= 0.3 is 0 Å². The van der Waals surface area contributed by atoms with Gasteiger partial charge in [-0.1, -0.05) is 0 Å². The molecule has 9 heavy (non-hydrogen) atoms. The molecule has 0 aliphatic heterocycles. The first kappa shape index (κ1) is 7.03. The Morgan fingerprint density at radius 2 is 2.33 bits per heavy atom. The second-order valence-corrected chi connectivity index (χ2v) is 3.10. The highest BCUT2D eigenvalue weighted by atomic mass is 16.5. The lowest BCUT2D eigenvalue weighted by molar-refractivity contribution is 0.0374. The summed E-state index contributed by atoms with van der Waals surface area (Å²) in [6.07, 6.45) is 2.97. The standard InChI is InChI=1S/C7H14O2/c1-7(8)4-3-6(5-7)9-2/h6,8H,3-5H2,1-2H3. The Balaban J connectivity index is 2.38. The molecule has 1 aliphatic rings. The minimum absolute atomic E-state index is 0.292. The maximum Gasteiger partial charge on any atom is 0.0645 e. The van der Waals surface area contributed by atoms with E-state index >= 15 is 0 Å². The van der Waals surface area contributed by atoms with E-state index in [0.717, 1.165) is 19.3 Å². The molecule has 2 heteroatoms. The van der Waals surface area contributed by atoms with E-state index in [0.29, 0.717) is 6.10 Å². The third-order valence-corrected chi connectivity index (χ3v) is 2.01. The van der Waals surface area contributed by atoms with Gasteiger partial charge in [0.25, 0.3) is 0 Å². The Hall–Kier alpha value is -0.0800. The molecule has 0 aromatic carbocycles. The molecule has 0 spiro atoms. The van der Waals surface area contributed by atoms with Gasteiger partial charge in [0.15, 0.2) is 0 Å². The third kappa shape index (κ3) is 1.66. The summed E-state index contributed by atoms with van der Waals surface area (Å²) in [5, 5.41) is 9.42. The summed E-state index contributed by atoms with van der Waals surface area (Å²) < 4.78 is 5.09. The van der Waals surface area contributed by atoms with Crippen LogP contribution < -0.4 is 0 Å². The lowest BCUT2D eigenvalue weighted by Gasteiger charge is -2.14. The zero-order valence-corrected chi connectivity index (χ0v) is 6.05. The predicted molar refractivity (Wildman–Crippen MR) is 35.3 cm³/mol. The van der Waals surface area contributed by atoms with Crippen molar-refractivity contribution in [1.82, 2.24) is 0 Å². The normalized spacial score (nSPS) is 43.7. The van der Waals surface area contributed by atoms with Crippen LogP contribution in [0.5, 0.6) is 0 Å². The first-order valence-electron chi connectivity index (χ1n) is 3.39. The second kappa shape index (κ2) is 2.27. The zero-order valence-electron chi connectivity index (χ0n) is 6.05. The lowest BCUT2D eigenvalue weighted by atomic mass is 10.1. The van der Waals surface area contributed by atoms with Crippen LogP contribution in [0.3, 0.4) is 0 Å². The number of rotatable bonds is 1. The van der Waals surface area contributed by atoms with Crippen LogP contribution in [0.25, 0.3) is 0 Å². The van der Waals surface area contributed by atoms with Crippen LogP contribution in [0.2, 0.25) is 0 Å². The van der Waals surface area contributed by atoms with Gasteiger partial charge < -0.3 is 9.84 Å². The Labute approximate surface area is 55.8 Å². The van der Waals surface area contributed by atoms with E-state index in [2.05, 4.69) is 0 Å². The van der Waals surface area contributed by atoms with Crippen molar-refractivity contribution in [2.75, 3.05) is 7.11 Å². The van der Waals surface area contributed by atoms with Crippen LogP contribution >= 0.6 is 0 Å². The number of methoxy groups -OCH3 is 1. The molecule has 54 valence electrons. The van der Waals surface area contributed by atoms with Crippen molar-refractivity contribution in [3.05, 3.63) is 0 Å². The summed E-state index contributed by atoms with van der Waals surface area (Å²) >= 11 is 0. The maximum absolute atomic E-state index is 9.42. The Morgan fingerprint density at radius 1 is 1.67 bits per heavy atom. The maximum atomic E-state index is 9.42. The van der Waals surface area contributed by atoms with Gasteiger partial charge in [0.2, 0.25) is 0 Å². The first-order valence-corrected chi connectivity index (χ1v) is 3.39. The molecule has 0 amide bonds. The SMILES string of the molecule is COC1CCC(C)(O)C1. The minimum atomic E-state index is -0.458. The molecule has 1 fully saturated rings. The second-order valence-electron chi connectivity index (χ2n) is 3.10. The fraction of sp³-hybridized carbons (Fsp3) is 1.00. The molecule has 2 nitrogen and oxygen atoms in total. The predicted octanol–water partition coefficient (Wildman–Crippen LogP) is 0.936. The molecule has 0 heterocycles. The van der Waals surface area contributed by atoms with Crippen molar-refractivity contribution in [3.63, 3.8) is 0 Å². The van der Waals surface area contributed by atoms with Crippen molar-refractivity contribution in [3.8, 4) is 0 Å². The molecule has 0 saturated heterocycles. The van der Waals surface area contributed by atoms with Crippen molar-refractivity contribution in [1.29, 1.82) is 0 Å². The van der Waals surface area contributed by atoms with E-state index in [1.54, 1.807) is 7.11 Å². The summed E-state index contributed by atoms with van der Waals surface area (Å²) in [6.45, 7) is 1.87. The quantitative estimate of drug-likeness (QED) is 0.572. The largest absolute Gasteiger partial charge is 0.390 e. The first-order chi connectivity index (χ1) is 4.14. The average Bonchev–Trinajstić information content (AvgIpc) is 2.10. The summed E-state index contributed by atoms with van der Waals surface area (Å²) in [5.74, 6) is 0. The summed E-state index contributed by atoms with van der Waals surface area (Å²) in [4.78, 5) is 0. The van der Waals surface area contributed by atoms with E-state index < -0.39 is 5.60 Å². The molecule has 1 saturated carbocycles. The number of hydrogen-bond donors (Lipinski definition) is 1. The van der Waals surface area contributed by atoms with Gasteiger partial charge in [-0.25, -0.2) is 0 Å². The lowest BCUT2D eigenvalue weighted by Crippen LogP contribution is -2.20. The fourth-order valence-electron chi connectivity index (χ4n) is 1.37. The highest BCUT2D eigenvalue weighted by Crippen LogP contribution is 2.30. The van der Waals surface area contributed by atoms with Crippen molar-refractivity contribution < 1.29 is 9.84 Å². The minimum Gasteiger partial charge on any atom is -0.390 e. The highest BCUT2D eigenvalue weighted by molar-refractivity contribution is 4.85. The molecular formula is C7H14O2. The van der Waals surface area contributed by atoms with Crippen molar-refractivity contribution in [2.45, 2.75) is 37.9 Å². The summed E-state index contributed by atoms with van der Waals surface area (Å²) in [7, 11) is 1.70. The van der Waals surface area contributed by atoms with Crippen LogP contribution in [0.4, 0.5) is 0 Å². The molecule has 0 aromatic heterocycles. The third-order valence-electron chi connectivity index (χ3n) is 2.01. The van der Waals surface area contributed by atoms with Crippen LogP contribution in [0, 0.1) is 0 Å². The van der Waals surface area contributed by atoms with Gasteiger partial charge in [0.1, 0.15) is 0 Å². The molecular weight excluding hydrogens is 116 g/mol. The number of ether oxygens (including phenoxy) is 1. The monoisotopic (exact) mass is 130 g/mol. The van der Waals surface area contributed by atoms with Gasteiger partial charge in [-0.15, -0.1) is 0 Å². The molecule has 1 N–H and O–H groups in total. The van der Waals surface area contributed by atoms with Crippen LogP contribution in [0.1, 0.15) is 26.2 Å². The van der Waals surface area contributed by atoms with E-state index in [1.165, 1.54) is 0 Å². The van der Waals surface area contributed by atoms with Crippen molar-refractivity contribution in [2.24, 2.45) is 0 Å². The van der Waals surface area contributed by atoms with Gasteiger partial charge in [-0.05, 0) is 19.8 Å². The van der Waals surface area contributed by atoms with Crippen LogP contribution in [-0.2, 0) is 4.74 Å². The van der Waals surface area contributed by atoms with E-state index in [9.17, 15) is 5.11 Å². The zero-order chi connectivity index (χ0) is 6.91. The van der Waals surface area contributed by atoms with E-state index in [-0.39, 0.29) is 0 Å². The summed E-state index contributed by atoms with van der Waals surface area (Å²) in [6, 6.07) is 0. The molecule has 2 unspecified atom stereocenters. The number of aliphatic hydroxyl groups is 1. The van der Waals surface area contributed by atoms with Crippen LogP contribution in [-0.4, -0.2) is 23.9 Å². The molecule has 1 rings (SSSR count). The topological polar surface area (TPSA) is 29.5 Å². The summed E-state index contributed by atoms with van der Waals surface area (Å²) in [5.41, 5.74) is -0.458. The molecule has 1 aliphatic carbocycles. The molecule has 0 bridgehead atoms. The van der Waals surface area contributed by atoms with Gasteiger partial charge in [-0.2, -0.15) is 0 Å².